The number of rotatable bonds is 1. The molecule has 23 heavy (non-hydrogen) atoms. The van der Waals surface area contributed by atoms with Crippen LogP contribution in [0.15, 0.2) is 42.5 Å². The lowest BCUT2D eigenvalue weighted by atomic mass is 10.0. The van der Waals surface area contributed by atoms with Gasteiger partial charge in [0.05, 0.1) is 11.0 Å². The first-order valence-electron chi connectivity index (χ1n) is 8.04. The van der Waals surface area contributed by atoms with E-state index in [1.165, 1.54) is 5.56 Å². The van der Waals surface area contributed by atoms with Gasteiger partial charge in [0.1, 0.15) is 5.60 Å². The molecule has 1 heterocycles. The van der Waals surface area contributed by atoms with Crippen molar-refractivity contribution >= 4 is 27.9 Å². The van der Waals surface area contributed by atoms with Crippen LogP contribution in [-0.2, 0) is 4.74 Å². The highest BCUT2D eigenvalue weighted by Crippen LogP contribution is 2.31. The van der Waals surface area contributed by atoms with Crippen LogP contribution in [0.4, 0.5) is 4.79 Å². The van der Waals surface area contributed by atoms with Crippen LogP contribution in [0.5, 0.6) is 0 Å². The molecular formula is C20H23NO2. The van der Waals surface area contributed by atoms with Crippen LogP contribution in [0.1, 0.15) is 46.1 Å². The number of nitrogens with zero attached hydrogens (tertiary/aromatic N) is 1. The molecule has 0 saturated carbocycles. The summed E-state index contributed by atoms with van der Waals surface area (Å²) in [6, 6.07) is 14.3. The van der Waals surface area contributed by atoms with E-state index in [-0.39, 0.29) is 6.09 Å². The quantitative estimate of drug-likeness (QED) is 0.577. The smallest absolute Gasteiger partial charge is 0.419 e. The van der Waals surface area contributed by atoms with Crippen LogP contribution >= 0.6 is 0 Å². The summed E-state index contributed by atoms with van der Waals surface area (Å²) in [6.45, 7) is 9.97. The standard InChI is InChI=1S/C20H23NO2/c1-13(2)14-10-11-16-15-8-6-7-9-17(15)21(18(16)12-14)19(22)23-20(3,4)5/h6-13H,1-5H3. The minimum absolute atomic E-state index is 0.329. The summed E-state index contributed by atoms with van der Waals surface area (Å²) in [5, 5.41) is 2.15. The average molecular weight is 309 g/mol. The van der Waals surface area contributed by atoms with Gasteiger partial charge in [0.2, 0.25) is 0 Å². The van der Waals surface area contributed by atoms with E-state index in [0.717, 1.165) is 21.8 Å². The summed E-state index contributed by atoms with van der Waals surface area (Å²) >= 11 is 0. The van der Waals surface area contributed by atoms with Crippen LogP contribution in [-0.4, -0.2) is 16.3 Å². The van der Waals surface area contributed by atoms with E-state index in [4.69, 9.17) is 4.74 Å². The number of hydrogen-bond acceptors (Lipinski definition) is 2. The average Bonchev–Trinajstić information content (AvgIpc) is 2.79. The maximum Gasteiger partial charge on any atom is 0.419 e. The molecule has 0 amide bonds. The molecule has 0 unspecified atom stereocenters. The number of hydrogen-bond donors (Lipinski definition) is 0. The molecule has 0 atom stereocenters. The molecule has 120 valence electrons. The Kier molecular flexibility index (Phi) is 3.67. The summed E-state index contributed by atoms with van der Waals surface area (Å²) in [6.07, 6.45) is -0.329. The number of fused-ring (bicyclic) bond motifs is 3. The predicted octanol–water partition coefficient (Wildman–Crippen LogP) is 5.70. The highest BCUT2D eigenvalue weighted by atomic mass is 16.6. The Morgan fingerprint density at radius 2 is 1.65 bits per heavy atom. The molecule has 3 aromatic rings. The van der Waals surface area contributed by atoms with Crippen molar-refractivity contribution in [2.45, 2.75) is 46.1 Å². The van der Waals surface area contributed by atoms with Crippen LogP contribution in [0.25, 0.3) is 21.8 Å². The van der Waals surface area contributed by atoms with Gasteiger partial charge in [-0.1, -0.05) is 44.2 Å². The summed E-state index contributed by atoms with van der Waals surface area (Å²) in [7, 11) is 0. The fourth-order valence-electron chi connectivity index (χ4n) is 2.85. The molecule has 0 radical (unpaired) electrons. The minimum Gasteiger partial charge on any atom is -0.443 e. The number of carbonyl (C=O) groups is 1. The molecule has 0 fully saturated rings. The molecule has 3 rings (SSSR count). The molecular weight excluding hydrogens is 286 g/mol. The number of aromatic nitrogens is 1. The van der Waals surface area contributed by atoms with Gasteiger partial charge in [0.25, 0.3) is 0 Å². The van der Waals surface area contributed by atoms with Gasteiger partial charge < -0.3 is 4.74 Å². The van der Waals surface area contributed by atoms with E-state index < -0.39 is 5.60 Å². The molecule has 2 aromatic carbocycles. The Labute approximate surface area is 136 Å². The predicted molar refractivity (Wildman–Crippen MR) is 95.2 cm³/mol. The zero-order valence-electron chi connectivity index (χ0n) is 14.4. The van der Waals surface area contributed by atoms with Crippen LogP contribution < -0.4 is 0 Å². The Morgan fingerprint density at radius 3 is 2.30 bits per heavy atom. The summed E-state index contributed by atoms with van der Waals surface area (Å²) in [5.41, 5.74) is 2.49. The van der Waals surface area contributed by atoms with Crippen LogP contribution in [0.2, 0.25) is 0 Å². The van der Waals surface area contributed by atoms with E-state index in [0.29, 0.717) is 5.92 Å². The second-order valence-electron chi connectivity index (χ2n) is 7.26. The number of carbonyl (C=O) groups excluding carboxylic acids is 1. The van der Waals surface area contributed by atoms with Crippen molar-refractivity contribution in [1.29, 1.82) is 0 Å². The lowest BCUT2D eigenvalue weighted by Crippen LogP contribution is -2.27. The van der Waals surface area contributed by atoms with E-state index in [1.54, 1.807) is 4.57 Å². The lowest BCUT2D eigenvalue weighted by molar-refractivity contribution is 0.0551. The number of benzene rings is 2. The molecule has 0 bridgehead atoms. The Hall–Kier alpha value is -2.29. The molecule has 0 aliphatic heterocycles. The summed E-state index contributed by atoms with van der Waals surface area (Å²) in [4.78, 5) is 12.8. The highest BCUT2D eigenvalue weighted by Gasteiger charge is 2.22. The minimum atomic E-state index is -0.523. The molecule has 0 spiro atoms. The van der Waals surface area contributed by atoms with Gasteiger partial charge in [-0.25, -0.2) is 9.36 Å². The third-order valence-corrected chi connectivity index (χ3v) is 3.94. The zero-order valence-corrected chi connectivity index (χ0v) is 14.4. The first kappa shape index (κ1) is 15.6. The van der Waals surface area contributed by atoms with Gasteiger partial charge in [-0.2, -0.15) is 0 Å². The molecule has 3 heteroatoms. The molecule has 0 saturated heterocycles. The van der Waals surface area contributed by atoms with Crippen molar-refractivity contribution in [3.8, 4) is 0 Å². The Bertz CT molecular complexity index is 882. The summed E-state index contributed by atoms with van der Waals surface area (Å²) < 4.78 is 7.32. The largest absolute Gasteiger partial charge is 0.443 e. The maximum absolute atomic E-state index is 12.8. The van der Waals surface area contributed by atoms with Crippen LogP contribution in [0, 0.1) is 0 Å². The van der Waals surface area contributed by atoms with Crippen molar-refractivity contribution in [3.63, 3.8) is 0 Å². The van der Waals surface area contributed by atoms with Gasteiger partial charge in [-0.05, 0) is 44.4 Å². The molecule has 3 nitrogen and oxygen atoms in total. The number of para-hydroxylation sites is 1. The van der Waals surface area contributed by atoms with Crippen LogP contribution in [0.3, 0.4) is 0 Å². The zero-order chi connectivity index (χ0) is 16.8. The Morgan fingerprint density at radius 1 is 1.00 bits per heavy atom. The Balaban J connectivity index is 2.31. The fraction of sp³-hybridized carbons (Fsp3) is 0.350. The fourth-order valence-corrected chi connectivity index (χ4v) is 2.85. The third kappa shape index (κ3) is 2.83. The van der Waals surface area contributed by atoms with Gasteiger partial charge in [0.15, 0.2) is 0 Å². The third-order valence-electron chi connectivity index (χ3n) is 3.94. The van der Waals surface area contributed by atoms with Crippen molar-refractivity contribution < 1.29 is 9.53 Å². The normalized spacial score (nSPS) is 12.3. The highest BCUT2D eigenvalue weighted by molar-refractivity contribution is 6.12. The van der Waals surface area contributed by atoms with Crippen molar-refractivity contribution in [3.05, 3.63) is 48.0 Å². The molecule has 0 aliphatic rings. The molecule has 0 N–H and O–H groups in total. The lowest BCUT2D eigenvalue weighted by Gasteiger charge is -2.20. The number of ether oxygens (including phenoxy) is 1. The molecule has 1 aromatic heterocycles. The van der Waals surface area contributed by atoms with Gasteiger partial charge in [0, 0.05) is 10.8 Å². The maximum atomic E-state index is 12.8. The summed E-state index contributed by atoms with van der Waals surface area (Å²) in [5.74, 6) is 0.407. The van der Waals surface area contributed by atoms with Crippen molar-refractivity contribution in [2.24, 2.45) is 0 Å². The van der Waals surface area contributed by atoms with E-state index in [2.05, 4.69) is 32.0 Å². The second kappa shape index (κ2) is 5.41. The van der Waals surface area contributed by atoms with Crippen molar-refractivity contribution in [1.82, 2.24) is 4.57 Å². The topological polar surface area (TPSA) is 31.2 Å². The van der Waals surface area contributed by atoms with Crippen molar-refractivity contribution in [2.75, 3.05) is 0 Å². The monoisotopic (exact) mass is 309 g/mol. The molecule has 0 aliphatic carbocycles. The van der Waals surface area contributed by atoms with E-state index >= 15 is 0 Å². The van der Waals surface area contributed by atoms with E-state index in [9.17, 15) is 4.79 Å². The second-order valence-corrected chi connectivity index (χ2v) is 7.26. The SMILES string of the molecule is CC(C)c1ccc2c3ccccc3n(C(=O)OC(C)(C)C)c2c1. The van der Waals surface area contributed by atoms with Gasteiger partial charge in [-0.15, -0.1) is 0 Å². The van der Waals surface area contributed by atoms with E-state index in [1.807, 2.05) is 45.0 Å². The van der Waals surface area contributed by atoms with Gasteiger partial charge >= 0.3 is 6.09 Å². The first-order valence-corrected chi connectivity index (χ1v) is 8.04. The van der Waals surface area contributed by atoms with Gasteiger partial charge in [-0.3, -0.25) is 0 Å². The first-order chi connectivity index (χ1) is 10.8.